The molecule has 354 valence electrons. The van der Waals surface area contributed by atoms with E-state index in [1.807, 2.05) is 19.1 Å². The van der Waals surface area contributed by atoms with Crippen LogP contribution >= 0.6 is 0 Å². The molecule has 12 aromatic carbocycles. The zero-order valence-corrected chi connectivity index (χ0v) is 41.4. The van der Waals surface area contributed by atoms with Crippen molar-refractivity contribution >= 4 is 60.5 Å². The Morgan fingerprint density at radius 1 is 0.347 bits per heavy atom. The van der Waals surface area contributed by atoms with Crippen molar-refractivity contribution in [3.05, 3.63) is 296 Å². The lowest BCUT2D eigenvalue weighted by Gasteiger charge is -2.40. The van der Waals surface area contributed by atoms with Gasteiger partial charge in [-0.05, 0) is 134 Å². The summed E-state index contributed by atoms with van der Waals surface area (Å²) in [6, 6.07) is 94.8. The van der Waals surface area contributed by atoms with Crippen molar-refractivity contribution in [2.75, 3.05) is 4.90 Å². The monoisotopic (exact) mass is 959 g/mol. The Bertz CT molecular complexity index is 4290. The maximum absolute atomic E-state index is 7.25. The lowest BCUT2D eigenvalue weighted by molar-refractivity contribution is 0.447. The molecule has 0 atom stereocenters. The van der Waals surface area contributed by atoms with Crippen LogP contribution in [0.15, 0.2) is 278 Å². The van der Waals surface area contributed by atoms with Gasteiger partial charge in [0, 0.05) is 49.7 Å². The fraction of sp³-hybridized carbons (Fsp3) is 0.0278. The van der Waals surface area contributed by atoms with E-state index in [0.717, 1.165) is 111 Å². The third-order valence-corrected chi connectivity index (χ3v) is 15.3. The predicted octanol–water partition coefficient (Wildman–Crippen LogP) is 20.0. The topological polar surface area (TPSA) is 25.6 Å². The van der Waals surface area contributed by atoms with Crippen molar-refractivity contribution in [1.82, 2.24) is 0 Å². The van der Waals surface area contributed by atoms with Crippen LogP contribution in [0.4, 0.5) is 17.1 Å². The summed E-state index contributed by atoms with van der Waals surface area (Å²) in [5, 5.41) is 6.80. The molecule has 1 aliphatic heterocycles. The number of allylic oxidation sites excluding steroid dienone is 1. The Kier molecular flexibility index (Phi) is 10.5. The average Bonchev–Trinajstić information content (AvgIpc) is 4.17. The predicted molar refractivity (Wildman–Crippen MR) is 313 cm³/mol. The van der Waals surface area contributed by atoms with Crippen molar-refractivity contribution < 1.29 is 9.15 Å². The molecule has 0 N–H and O–H groups in total. The van der Waals surface area contributed by atoms with Gasteiger partial charge in [0.15, 0.2) is 0 Å². The second kappa shape index (κ2) is 17.8. The van der Waals surface area contributed by atoms with Gasteiger partial charge in [-0.2, -0.15) is 0 Å². The second-order valence-corrected chi connectivity index (χ2v) is 19.6. The molecule has 2 aliphatic rings. The number of hydrogen-bond acceptors (Lipinski definition) is 3. The molecule has 15 rings (SSSR count). The summed E-state index contributed by atoms with van der Waals surface area (Å²) >= 11 is 0. The highest BCUT2D eigenvalue weighted by Crippen LogP contribution is 2.64. The molecular weight excluding hydrogens is 911 g/mol. The van der Waals surface area contributed by atoms with Crippen LogP contribution in [0.25, 0.3) is 88.0 Å². The van der Waals surface area contributed by atoms with Gasteiger partial charge in [-0.1, -0.05) is 206 Å². The molecule has 0 unspecified atom stereocenters. The largest absolute Gasteiger partial charge is 0.456 e. The van der Waals surface area contributed by atoms with Crippen LogP contribution in [-0.4, -0.2) is 0 Å². The van der Waals surface area contributed by atoms with Crippen LogP contribution < -0.4 is 9.64 Å². The van der Waals surface area contributed by atoms with Crippen LogP contribution in [0.2, 0.25) is 0 Å². The molecule has 0 amide bonds. The van der Waals surface area contributed by atoms with Crippen LogP contribution in [0, 0.1) is 0 Å². The summed E-state index contributed by atoms with van der Waals surface area (Å²) in [5.41, 5.74) is 18.5. The third kappa shape index (κ3) is 7.04. The van der Waals surface area contributed by atoms with Gasteiger partial charge in [-0.3, -0.25) is 0 Å². The zero-order valence-electron chi connectivity index (χ0n) is 41.4. The van der Waals surface area contributed by atoms with Gasteiger partial charge in [0.25, 0.3) is 0 Å². The fourth-order valence-electron chi connectivity index (χ4n) is 12.0. The fourth-order valence-corrected chi connectivity index (χ4v) is 12.0. The van der Waals surface area contributed by atoms with E-state index in [0.29, 0.717) is 0 Å². The quantitative estimate of drug-likeness (QED) is 0.155. The molecule has 0 bridgehead atoms. The van der Waals surface area contributed by atoms with Crippen molar-refractivity contribution in [1.29, 1.82) is 0 Å². The van der Waals surface area contributed by atoms with E-state index in [2.05, 4.69) is 260 Å². The highest BCUT2D eigenvalue weighted by atomic mass is 16.5. The van der Waals surface area contributed by atoms with Crippen LogP contribution in [0.1, 0.15) is 29.2 Å². The molecule has 1 spiro atoms. The number of hydrogen-bond donors (Lipinski definition) is 0. The van der Waals surface area contributed by atoms with E-state index in [1.165, 1.54) is 27.8 Å². The van der Waals surface area contributed by atoms with E-state index in [9.17, 15) is 0 Å². The molecular formula is C72H49NO2. The minimum Gasteiger partial charge on any atom is -0.456 e. The van der Waals surface area contributed by atoms with E-state index in [4.69, 9.17) is 9.15 Å². The highest BCUT2D eigenvalue weighted by molar-refractivity contribution is 6.06. The smallest absolute Gasteiger partial charge is 0.140 e. The van der Waals surface area contributed by atoms with Gasteiger partial charge >= 0.3 is 0 Å². The molecule has 13 aromatic rings. The maximum atomic E-state index is 7.25. The minimum absolute atomic E-state index is 0.642. The first-order valence-electron chi connectivity index (χ1n) is 25.7. The molecule has 0 radical (unpaired) electrons. The van der Waals surface area contributed by atoms with Gasteiger partial charge in [0.2, 0.25) is 0 Å². The molecule has 1 aromatic heterocycles. The van der Waals surface area contributed by atoms with E-state index >= 15 is 0 Å². The number of nitrogens with zero attached hydrogens (tertiary/aromatic N) is 1. The Hall–Kier alpha value is -9.70. The normalized spacial score (nSPS) is 12.6. The van der Waals surface area contributed by atoms with Crippen LogP contribution in [-0.2, 0) is 5.41 Å². The van der Waals surface area contributed by atoms with E-state index in [-0.39, 0.29) is 0 Å². The van der Waals surface area contributed by atoms with Gasteiger partial charge in [0.05, 0.1) is 5.41 Å². The number of rotatable bonds is 6. The number of anilines is 3. The summed E-state index contributed by atoms with van der Waals surface area (Å²) in [4.78, 5) is 2.38. The van der Waals surface area contributed by atoms with Gasteiger partial charge in [0.1, 0.15) is 22.7 Å². The lowest BCUT2D eigenvalue weighted by atomic mass is 9.65. The first-order valence-corrected chi connectivity index (χ1v) is 25.7. The SMILES string of the molecule is C=CC.c1ccc(-c2cccc(N(c3ccc(-c4ccc5c(c4)oc4ccccc45)cc3)c3cccc(-c4ccc5c(c4)C4(c6ccccc6-5)c5ccc6ccccc6c5Oc5c4ccc4ccccc54)c3)c2)cc1. The molecule has 3 heteroatoms. The summed E-state index contributed by atoms with van der Waals surface area (Å²) in [6.45, 7) is 5.25. The first kappa shape index (κ1) is 44.0. The average molecular weight is 960 g/mol. The van der Waals surface area contributed by atoms with Gasteiger partial charge < -0.3 is 14.1 Å². The lowest BCUT2D eigenvalue weighted by Crippen LogP contribution is -2.32. The molecule has 1 aliphatic carbocycles. The number of para-hydroxylation sites is 1. The Morgan fingerprint density at radius 3 is 1.53 bits per heavy atom. The summed E-state index contributed by atoms with van der Waals surface area (Å²) in [7, 11) is 0. The van der Waals surface area contributed by atoms with E-state index < -0.39 is 5.41 Å². The van der Waals surface area contributed by atoms with Crippen molar-refractivity contribution in [2.24, 2.45) is 0 Å². The molecule has 0 saturated carbocycles. The Labute approximate surface area is 436 Å². The second-order valence-electron chi connectivity index (χ2n) is 19.6. The summed E-state index contributed by atoms with van der Waals surface area (Å²) in [5.74, 6) is 1.84. The van der Waals surface area contributed by atoms with E-state index in [1.54, 1.807) is 6.08 Å². The molecule has 75 heavy (non-hydrogen) atoms. The minimum atomic E-state index is -0.642. The zero-order chi connectivity index (χ0) is 50.0. The van der Waals surface area contributed by atoms with Gasteiger partial charge in [-0.25, -0.2) is 0 Å². The molecule has 2 heterocycles. The van der Waals surface area contributed by atoms with Crippen molar-refractivity contribution in [2.45, 2.75) is 12.3 Å². The first-order chi connectivity index (χ1) is 37.1. The van der Waals surface area contributed by atoms with Crippen LogP contribution in [0.3, 0.4) is 0 Å². The molecule has 3 nitrogen and oxygen atoms in total. The van der Waals surface area contributed by atoms with Crippen LogP contribution in [0.5, 0.6) is 11.5 Å². The number of ether oxygens (including phenoxy) is 1. The van der Waals surface area contributed by atoms with Crippen molar-refractivity contribution in [3.8, 4) is 56.0 Å². The number of benzene rings is 12. The Balaban J connectivity index is 0.00000168. The standard InChI is InChI=1S/C69H43NO2.C3H6/c1-2-14-44(15-3-1)48-18-12-20-53(40-48)70(52-34-28-45(29-35-52)51-31-37-60-59-25-9-11-27-65(59)71-66(60)43-51)54-21-13-19-49(41-54)50-30-36-58-57-24-8-10-26-61(57)69(64(58)42-50)62-38-32-46-16-4-6-22-55(46)67(62)72-68-56-23-7-5-17-47(56)33-39-63(68)69;1-3-2/h1-43H;3H,1H2,2H3. The van der Waals surface area contributed by atoms with Crippen molar-refractivity contribution in [3.63, 3.8) is 0 Å². The molecule has 0 fully saturated rings. The third-order valence-electron chi connectivity index (χ3n) is 15.3. The number of fused-ring (bicyclic) bond motifs is 16. The summed E-state index contributed by atoms with van der Waals surface area (Å²) in [6.07, 6.45) is 1.75. The Morgan fingerprint density at radius 2 is 0.840 bits per heavy atom. The number of furan rings is 1. The highest BCUT2D eigenvalue weighted by Gasteiger charge is 2.52. The molecule has 0 saturated heterocycles. The maximum Gasteiger partial charge on any atom is 0.140 e. The van der Waals surface area contributed by atoms with Gasteiger partial charge in [-0.15, -0.1) is 6.58 Å². The summed E-state index contributed by atoms with van der Waals surface area (Å²) < 4.78 is 13.6.